The largest absolute Gasteiger partial charge is 0.457 e. The lowest BCUT2D eigenvalue weighted by atomic mass is 10.1. The summed E-state index contributed by atoms with van der Waals surface area (Å²) >= 11 is 1.25. The number of amidine groups is 1. The molecule has 0 spiro atoms. The first-order valence-electron chi connectivity index (χ1n) is 8.95. The Morgan fingerprint density at radius 2 is 1.93 bits per heavy atom. The first-order chi connectivity index (χ1) is 14.4. The standard InChI is InChI=1S/C21H16N4O4S/c1-13-4-3-5-19(22-13)23-21-24(2)20(26)18(30-21)12-16-10-11-17(29-16)14-6-8-15(9-7-14)25(27)28/h3-12H,1-2H3/b18-12+,23-21+. The molecule has 8 nitrogen and oxygen atoms in total. The van der Waals surface area contributed by atoms with E-state index >= 15 is 0 Å². The molecule has 1 fully saturated rings. The van der Waals surface area contributed by atoms with E-state index in [-0.39, 0.29) is 11.6 Å². The molecular formula is C21H16N4O4S. The van der Waals surface area contributed by atoms with E-state index in [4.69, 9.17) is 4.42 Å². The van der Waals surface area contributed by atoms with Crippen LogP contribution in [0.25, 0.3) is 17.4 Å². The van der Waals surface area contributed by atoms with E-state index < -0.39 is 4.92 Å². The lowest BCUT2D eigenvalue weighted by molar-refractivity contribution is -0.384. The number of rotatable bonds is 4. The summed E-state index contributed by atoms with van der Waals surface area (Å²) in [7, 11) is 1.66. The number of nitro benzene ring substituents is 1. The first kappa shape index (κ1) is 19.6. The van der Waals surface area contributed by atoms with Crippen LogP contribution in [0, 0.1) is 17.0 Å². The van der Waals surface area contributed by atoms with Crippen molar-refractivity contribution < 1.29 is 14.1 Å². The van der Waals surface area contributed by atoms with Crippen LogP contribution in [0.1, 0.15) is 11.5 Å². The maximum absolute atomic E-state index is 12.6. The zero-order valence-electron chi connectivity index (χ0n) is 16.1. The first-order valence-corrected chi connectivity index (χ1v) is 9.77. The zero-order chi connectivity index (χ0) is 21.3. The Morgan fingerprint density at radius 3 is 2.63 bits per heavy atom. The molecule has 0 radical (unpaired) electrons. The van der Waals surface area contributed by atoms with Gasteiger partial charge in [-0.3, -0.25) is 19.8 Å². The number of nitrogens with zero attached hydrogens (tertiary/aromatic N) is 4. The van der Waals surface area contributed by atoms with Crippen molar-refractivity contribution in [3.63, 3.8) is 0 Å². The number of furan rings is 1. The fourth-order valence-corrected chi connectivity index (χ4v) is 3.76. The van der Waals surface area contributed by atoms with Gasteiger partial charge in [0.1, 0.15) is 11.5 Å². The van der Waals surface area contributed by atoms with E-state index in [0.29, 0.717) is 33.0 Å². The van der Waals surface area contributed by atoms with Crippen molar-refractivity contribution in [1.82, 2.24) is 9.88 Å². The second-order valence-corrected chi connectivity index (χ2v) is 7.52. The molecule has 0 atom stereocenters. The van der Waals surface area contributed by atoms with Gasteiger partial charge in [-0.05, 0) is 55.1 Å². The van der Waals surface area contributed by atoms with Crippen molar-refractivity contribution in [3.8, 4) is 11.3 Å². The number of hydrogen-bond donors (Lipinski definition) is 0. The number of amides is 1. The van der Waals surface area contributed by atoms with Gasteiger partial charge in [-0.25, -0.2) is 9.98 Å². The fraction of sp³-hybridized carbons (Fsp3) is 0.0952. The Morgan fingerprint density at radius 1 is 1.17 bits per heavy atom. The Labute approximate surface area is 176 Å². The Kier molecular flexibility index (Phi) is 5.20. The summed E-state index contributed by atoms with van der Waals surface area (Å²) in [6.07, 6.45) is 1.66. The van der Waals surface area contributed by atoms with E-state index in [2.05, 4.69) is 9.98 Å². The number of benzene rings is 1. The highest BCUT2D eigenvalue weighted by molar-refractivity contribution is 8.18. The van der Waals surface area contributed by atoms with Gasteiger partial charge in [0.25, 0.3) is 11.6 Å². The number of aliphatic imine (C=N–C) groups is 1. The van der Waals surface area contributed by atoms with Crippen LogP contribution in [0.15, 0.2) is 68.9 Å². The van der Waals surface area contributed by atoms with E-state index in [1.807, 2.05) is 19.1 Å². The van der Waals surface area contributed by atoms with Crippen LogP contribution in [0.2, 0.25) is 0 Å². The number of hydrogen-bond acceptors (Lipinski definition) is 7. The average Bonchev–Trinajstić information content (AvgIpc) is 3.29. The molecule has 0 bridgehead atoms. The molecule has 0 N–H and O–H groups in total. The van der Waals surface area contributed by atoms with Crippen molar-refractivity contribution in [2.75, 3.05) is 7.05 Å². The molecule has 4 rings (SSSR count). The summed E-state index contributed by atoms with van der Waals surface area (Å²) in [5.41, 5.74) is 1.57. The van der Waals surface area contributed by atoms with E-state index in [1.54, 1.807) is 43.5 Å². The van der Waals surface area contributed by atoms with E-state index in [9.17, 15) is 14.9 Å². The van der Waals surface area contributed by atoms with Crippen LogP contribution in [0.4, 0.5) is 11.5 Å². The molecule has 0 aliphatic carbocycles. The number of nitro groups is 1. The minimum Gasteiger partial charge on any atom is -0.457 e. The zero-order valence-corrected chi connectivity index (χ0v) is 16.9. The topological polar surface area (TPSA) is 102 Å². The highest BCUT2D eigenvalue weighted by Gasteiger charge is 2.30. The molecule has 1 saturated heterocycles. The molecule has 9 heteroatoms. The third-order valence-corrected chi connectivity index (χ3v) is 5.41. The minimum absolute atomic E-state index is 0.0125. The smallest absolute Gasteiger partial charge is 0.269 e. The van der Waals surface area contributed by atoms with Gasteiger partial charge >= 0.3 is 0 Å². The molecule has 150 valence electrons. The quantitative estimate of drug-likeness (QED) is 0.342. The molecule has 3 aromatic rings. The number of likely N-dealkylation sites (N-methyl/N-ethyl adjacent to an activating group) is 1. The molecule has 2 aromatic heterocycles. The van der Waals surface area contributed by atoms with Crippen molar-refractivity contribution in [2.45, 2.75) is 6.92 Å². The number of carbonyl (C=O) groups excluding carboxylic acids is 1. The highest BCUT2D eigenvalue weighted by atomic mass is 32.2. The van der Waals surface area contributed by atoms with Gasteiger partial charge in [-0.1, -0.05) is 6.07 Å². The van der Waals surface area contributed by atoms with E-state index in [0.717, 1.165) is 5.69 Å². The van der Waals surface area contributed by atoms with Gasteiger partial charge in [0.15, 0.2) is 11.0 Å². The third kappa shape index (κ3) is 4.01. The van der Waals surface area contributed by atoms with Crippen molar-refractivity contribution in [3.05, 3.63) is 81.1 Å². The van der Waals surface area contributed by atoms with Crippen LogP contribution >= 0.6 is 11.8 Å². The summed E-state index contributed by atoms with van der Waals surface area (Å²) in [4.78, 5) is 33.7. The molecule has 1 aromatic carbocycles. The van der Waals surface area contributed by atoms with Crippen molar-refractivity contribution >= 4 is 40.4 Å². The monoisotopic (exact) mass is 420 g/mol. The second-order valence-electron chi connectivity index (χ2n) is 6.51. The molecule has 3 heterocycles. The number of aryl methyl sites for hydroxylation is 1. The molecule has 0 unspecified atom stereocenters. The summed E-state index contributed by atoms with van der Waals surface area (Å²) in [6.45, 7) is 1.88. The Hall–Kier alpha value is -3.72. The lowest BCUT2D eigenvalue weighted by Gasteiger charge is -2.06. The number of pyridine rings is 1. The third-order valence-electron chi connectivity index (χ3n) is 4.35. The van der Waals surface area contributed by atoms with Gasteiger partial charge in [0, 0.05) is 36.5 Å². The second kappa shape index (κ2) is 7.96. The van der Waals surface area contributed by atoms with Gasteiger partial charge < -0.3 is 4.42 Å². The Bertz CT molecular complexity index is 1200. The molecule has 0 saturated carbocycles. The predicted molar refractivity (Wildman–Crippen MR) is 115 cm³/mol. The molecule has 1 amide bonds. The van der Waals surface area contributed by atoms with E-state index in [1.165, 1.54) is 28.8 Å². The Balaban J connectivity index is 1.56. The summed E-state index contributed by atoms with van der Waals surface area (Å²) < 4.78 is 5.80. The molecule has 1 aliphatic heterocycles. The number of thioether (sulfide) groups is 1. The van der Waals surface area contributed by atoms with Crippen LogP contribution in [0.3, 0.4) is 0 Å². The summed E-state index contributed by atoms with van der Waals surface area (Å²) in [5, 5.41) is 11.3. The van der Waals surface area contributed by atoms with Gasteiger partial charge in [0.2, 0.25) is 0 Å². The molecule has 30 heavy (non-hydrogen) atoms. The van der Waals surface area contributed by atoms with Crippen LogP contribution < -0.4 is 0 Å². The average molecular weight is 420 g/mol. The molecule has 1 aliphatic rings. The minimum atomic E-state index is -0.452. The van der Waals surface area contributed by atoms with Gasteiger partial charge in [-0.15, -0.1) is 0 Å². The van der Waals surface area contributed by atoms with Crippen molar-refractivity contribution in [1.29, 1.82) is 0 Å². The molecular weight excluding hydrogens is 404 g/mol. The van der Waals surface area contributed by atoms with Crippen LogP contribution in [-0.2, 0) is 4.79 Å². The predicted octanol–water partition coefficient (Wildman–Crippen LogP) is 4.79. The number of aromatic nitrogens is 1. The van der Waals surface area contributed by atoms with Gasteiger partial charge in [0.05, 0.1) is 9.83 Å². The summed E-state index contributed by atoms with van der Waals surface area (Å²) in [5.74, 6) is 1.41. The lowest BCUT2D eigenvalue weighted by Crippen LogP contribution is -2.23. The normalized spacial score (nSPS) is 16.6. The maximum atomic E-state index is 12.6. The van der Waals surface area contributed by atoms with Crippen LogP contribution in [0.5, 0.6) is 0 Å². The fourth-order valence-electron chi connectivity index (χ4n) is 2.80. The SMILES string of the molecule is Cc1cccc(/N=C2/S/C(=C/c3ccc(-c4ccc([N+](=O)[O-])cc4)o3)C(=O)N2C)n1. The number of non-ortho nitro benzene ring substituents is 1. The van der Waals surface area contributed by atoms with Gasteiger partial charge in [-0.2, -0.15) is 0 Å². The van der Waals surface area contributed by atoms with Crippen LogP contribution in [-0.4, -0.2) is 32.9 Å². The summed E-state index contributed by atoms with van der Waals surface area (Å²) in [6, 6.07) is 15.1. The highest BCUT2D eigenvalue weighted by Crippen LogP contribution is 2.34. The van der Waals surface area contributed by atoms with Crippen molar-refractivity contribution in [2.24, 2.45) is 4.99 Å². The maximum Gasteiger partial charge on any atom is 0.269 e. The number of carbonyl (C=O) groups is 1.